The van der Waals surface area contributed by atoms with Crippen LogP contribution in [0, 0.1) is 5.82 Å². The Morgan fingerprint density at radius 3 is 2.76 bits per heavy atom. The first-order valence-corrected chi connectivity index (χ1v) is 11.2. The van der Waals surface area contributed by atoms with Gasteiger partial charge in [-0.3, -0.25) is 9.59 Å². The van der Waals surface area contributed by atoms with Gasteiger partial charge in [-0.1, -0.05) is 11.6 Å². The van der Waals surface area contributed by atoms with E-state index in [0.29, 0.717) is 30.4 Å². The zero-order valence-corrected chi connectivity index (χ0v) is 19.5. The third-order valence-corrected chi connectivity index (χ3v) is 5.65. The molecule has 0 spiro atoms. The monoisotopic (exact) mass is 476 g/mol. The molecule has 0 atom stereocenters. The van der Waals surface area contributed by atoms with Crippen LogP contribution in [-0.4, -0.2) is 58.1 Å². The molecule has 2 aromatic rings. The Hall–Kier alpha value is -2.78. The first kappa shape index (κ1) is 23.4. The van der Waals surface area contributed by atoms with Gasteiger partial charge in [0.15, 0.2) is 0 Å². The molecular weight excluding hydrogens is 451 g/mol. The van der Waals surface area contributed by atoms with Crippen molar-refractivity contribution in [2.75, 3.05) is 25.1 Å². The quantitative estimate of drug-likeness (QED) is 0.655. The molecule has 3 heterocycles. The summed E-state index contributed by atoms with van der Waals surface area (Å²) in [7, 11) is 0. The number of fused-ring (bicyclic) bond motifs is 1. The number of carbonyl (C=O) groups is 2. The van der Waals surface area contributed by atoms with Crippen LogP contribution in [0.3, 0.4) is 0 Å². The van der Waals surface area contributed by atoms with E-state index in [4.69, 9.17) is 21.1 Å². The molecule has 1 aromatic heterocycles. The van der Waals surface area contributed by atoms with Crippen molar-refractivity contribution in [2.24, 2.45) is 0 Å². The molecule has 2 aliphatic rings. The van der Waals surface area contributed by atoms with E-state index >= 15 is 0 Å². The normalized spacial score (nSPS) is 16.6. The molecule has 1 amide bonds. The highest BCUT2D eigenvalue weighted by Crippen LogP contribution is 2.33. The number of benzene rings is 1. The maximum Gasteiger partial charge on any atom is 0.326 e. The number of amides is 1. The van der Waals surface area contributed by atoms with Crippen LogP contribution < -0.4 is 5.32 Å². The molecule has 1 fully saturated rings. The van der Waals surface area contributed by atoms with Gasteiger partial charge in [0.05, 0.1) is 23.5 Å². The molecular formula is C23H26ClFN4O4. The van der Waals surface area contributed by atoms with Gasteiger partial charge in [-0.25, -0.2) is 14.4 Å². The molecule has 8 nitrogen and oxygen atoms in total. The fraction of sp³-hybridized carbons (Fsp3) is 0.478. The molecule has 0 saturated carbocycles. The van der Waals surface area contributed by atoms with Crippen LogP contribution >= 0.6 is 11.6 Å². The highest BCUT2D eigenvalue weighted by atomic mass is 35.5. The molecule has 1 aromatic carbocycles. The molecule has 176 valence electrons. The van der Waals surface area contributed by atoms with Crippen molar-refractivity contribution >= 4 is 29.4 Å². The predicted octanol–water partition coefficient (Wildman–Crippen LogP) is 3.82. The van der Waals surface area contributed by atoms with Crippen LogP contribution in [0.5, 0.6) is 0 Å². The van der Waals surface area contributed by atoms with Gasteiger partial charge in [-0.05, 0) is 45.7 Å². The van der Waals surface area contributed by atoms with E-state index in [1.165, 1.54) is 17.2 Å². The van der Waals surface area contributed by atoms with Gasteiger partial charge in [0.2, 0.25) is 5.95 Å². The Kier molecular flexibility index (Phi) is 6.54. The van der Waals surface area contributed by atoms with Gasteiger partial charge in [0.1, 0.15) is 18.0 Å². The minimum Gasteiger partial charge on any atom is -0.459 e. The summed E-state index contributed by atoms with van der Waals surface area (Å²) >= 11 is 6.32. The Bertz CT molecular complexity index is 1080. The fourth-order valence-electron chi connectivity index (χ4n) is 3.88. The summed E-state index contributed by atoms with van der Waals surface area (Å²) in [4.78, 5) is 35.1. The Balaban J connectivity index is 1.57. The number of nitrogens with one attached hydrogen (secondary N) is 1. The molecule has 4 rings (SSSR count). The molecule has 1 saturated heterocycles. The maximum atomic E-state index is 15.0. The van der Waals surface area contributed by atoms with Crippen LogP contribution in [0.1, 0.15) is 49.5 Å². The lowest BCUT2D eigenvalue weighted by molar-refractivity contribution is -0.155. The molecule has 1 N–H and O–H groups in total. The smallest absolute Gasteiger partial charge is 0.326 e. The number of nitrogens with zero attached hydrogens (tertiary/aromatic N) is 3. The number of halogens is 2. The minimum atomic E-state index is -0.675. The summed E-state index contributed by atoms with van der Waals surface area (Å²) in [5, 5.41) is 3.50. The van der Waals surface area contributed by atoms with Crippen molar-refractivity contribution < 1.29 is 23.5 Å². The van der Waals surface area contributed by atoms with Crippen LogP contribution in [0.4, 0.5) is 10.3 Å². The highest BCUT2D eigenvalue weighted by Gasteiger charge is 2.33. The number of hydrogen-bond acceptors (Lipinski definition) is 7. The predicted molar refractivity (Wildman–Crippen MR) is 120 cm³/mol. The molecule has 0 aliphatic carbocycles. The lowest BCUT2D eigenvalue weighted by Crippen LogP contribution is -2.35. The number of aromatic nitrogens is 2. The molecule has 10 heteroatoms. The van der Waals surface area contributed by atoms with Crippen molar-refractivity contribution in [3.8, 4) is 11.3 Å². The number of ether oxygens (including phenoxy) is 2. The number of rotatable bonds is 5. The molecule has 2 aliphatic heterocycles. The van der Waals surface area contributed by atoms with Gasteiger partial charge in [-0.2, -0.15) is 0 Å². The summed E-state index contributed by atoms with van der Waals surface area (Å²) in [6.45, 7) is 6.29. The Morgan fingerprint density at radius 1 is 1.33 bits per heavy atom. The molecule has 0 radical (unpaired) electrons. The van der Waals surface area contributed by atoms with Gasteiger partial charge >= 0.3 is 5.97 Å². The van der Waals surface area contributed by atoms with E-state index in [0.717, 1.165) is 12.8 Å². The molecule has 33 heavy (non-hydrogen) atoms. The SMILES string of the molecule is CC(C)(C)OC(=O)CN1Cc2c(F)cc(-c3nc(NC4CCOCC4)ncc3Cl)cc2C1=O. The van der Waals surface area contributed by atoms with E-state index in [1.807, 2.05) is 0 Å². The Labute approximate surface area is 196 Å². The summed E-state index contributed by atoms with van der Waals surface area (Å²) in [6.07, 6.45) is 3.11. The number of carbonyl (C=O) groups excluding carboxylic acids is 2. The first-order chi connectivity index (χ1) is 15.6. The largest absolute Gasteiger partial charge is 0.459 e. The van der Waals surface area contributed by atoms with Crippen molar-refractivity contribution in [1.29, 1.82) is 0 Å². The second-order valence-electron chi connectivity index (χ2n) is 9.15. The van der Waals surface area contributed by atoms with Crippen molar-refractivity contribution in [3.63, 3.8) is 0 Å². The van der Waals surface area contributed by atoms with Crippen LogP contribution in [0.2, 0.25) is 5.02 Å². The number of anilines is 1. The van der Waals surface area contributed by atoms with Gasteiger partial charge < -0.3 is 19.7 Å². The summed E-state index contributed by atoms with van der Waals surface area (Å²) in [5.41, 5.74) is 0.424. The van der Waals surface area contributed by atoms with Crippen molar-refractivity contribution in [1.82, 2.24) is 14.9 Å². The maximum absolute atomic E-state index is 15.0. The number of esters is 1. The van der Waals surface area contributed by atoms with E-state index in [9.17, 15) is 14.0 Å². The van der Waals surface area contributed by atoms with Crippen LogP contribution in [-0.2, 0) is 20.8 Å². The van der Waals surface area contributed by atoms with E-state index in [1.54, 1.807) is 26.8 Å². The van der Waals surface area contributed by atoms with Crippen molar-refractivity contribution in [2.45, 2.75) is 51.8 Å². The topological polar surface area (TPSA) is 93.7 Å². The van der Waals surface area contributed by atoms with E-state index < -0.39 is 23.3 Å². The fourth-order valence-corrected chi connectivity index (χ4v) is 4.08. The van der Waals surface area contributed by atoms with Gasteiger partial charge in [0, 0.05) is 35.9 Å². The first-order valence-electron chi connectivity index (χ1n) is 10.8. The molecule has 0 unspecified atom stereocenters. The second kappa shape index (κ2) is 9.23. The van der Waals surface area contributed by atoms with E-state index in [-0.39, 0.29) is 35.3 Å². The highest BCUT2D eigenvalue weighted by molar-refractivity contribution is 6.33. The lowest BCUT2D eigenvalue weighted by atomic mass is 10.0. The zero-order chi connectivity index (χ0) is 23.8. The average Bonchev–Trinajstić information content (AvgIpc) is 3.05. The van der Waals surface area contributed by atoms with E-state index in [2.05, 4.69) is 15.3 Å². The third kappa shape index (κ3) is 5.42. The molecule has 0 bridgehead atoms. The number of hydrogen-bond donors (Lipinski definition) is 1. The second-order valence-corrected chi connectivity index (χ2v) is 9.56. The lowest BCUT2D eigenvalue weighted by Gasteiger charge is -2.23. The summed E-state index contributed by atoms with van der Waals surface area (Å²) in [5.74, 6) is -1.18. The Morgan fingerprint density at radius 2 is 2.06 bits per heavy atom. The standard InChI is InChI=1S/C23H26ClFN4O4/c1-23(2,3)33-19(30)12-29-11-16-15(21(29)31)8-13(9-18(16)25)20-17(24)10-26-22(28-20)27-14-4-6-32-7-5-14/h8-10,14H,4-7,11-12H2,1-3H3,(H,26,27,28). The summed E-state index contributed by atoms with van der Waals surface area (Å²) < 4.78 is 25.6. The minimum absolute atomic E-state index is 0.00636. The third-order valence-electron chi connectivity index (χ3n) is 5.37. The van der Waals surface area contributed by atoms with Crippen LogP contribution in [0.15, 0.2) is 18.3 Å². The average molecular weight is 477 g/mol. The van der Waals surface area contributed by atoms with Gasteiger partial charge in [-0.15, -0.1) is 0 Å². The van der Waals surface area contributed by atoms with Crippen molar-refractivity contribution in [3.05, 3.63) is 40.3 Å². The van der Waals surface area contributed by atoms with Gasteiger partial charge in [0.25, 0.3) is 5.91 Å². The zero-order valence-electron chi connectivity index (χ0n) is 18.8. The summed E-state index contributed by atoms with van der Waals surface area (Å²) in [6, 6.07) is 3.03. The van der Waals surface area contributed by atoms with Crippen LogP contribution in [0.25, 0.3) is 11.3 Å².